The van der Waals surface area contributed by atoms with E-state index in [1.807, 2.05) is 19.2 Å². The molecule has 1 heterocycles. The average molecular weight is 237 g/mol. The number of nitrogens with two attached hydrogens (primary N) is 1. The Balaban J connectivity index is 2.02. The van der Waals surface area contributed by atoms with Crippen LogP contribution in [0.25, 0.3) is 0 Å². The minimum Gasteiger partial charge on any atom is -0.327 e. The van der Waals surface area contributed by atoms with Gasteiger partial charge in [-0.1, -0.05) is 18.7 Å². The molecule has 3 nitrogen and oxygen atoms in total. The molecule has 1 aliphatic carbocycles. The van der Waals surface area contributed by atoms with Crippen molar-refractivity contribution in [3.8, 4) is 0 Å². The first-order chi connectivity index (χ1) is 7.65. The SMILES string of the molecule is Cc1ccnc(SC2CC(C)CCC2N)n1. The Hall–Kier alpha value is -0.610. The van der Waals surface area contributed by atoms with E-state index >= 15 is 0 Å². The third-order valence-corrected chi connectivity index (χ3v) is 4.39. The van der Waals surface area contributed by atoms with Crippen molar-refractivity contribution in [3.63, 3.8) is 0 Å². The van der Waals surface area contributed by atoms with E-state index in [1.165, 1.54) is 12.8 Å². The number of rotatable bonds is 2. The summed E-state index contributed by atoms with van der Waals surface area (Å²) in [6.45, 7) is 4.30. The Morgan fingerprint density at radius 2 is 2.25 bits per heavy atom. The highest BCUT2D eigenvalue weighted by atomic mass is 32.2. The highest BCUT2D eigenvalue weighted by Gasteiger charge is 2.27. The van der Waals surface area contributed by atoms with Crippen LogP contribution in [0.5, 0.6) is 0 Å². The summed E-state index contributed by atoms with van der Waals surface area (Å²) in [6, 6.07) is 2.22. The lowest BCUT2D eigenvalue weighted by Gasteiger charge is -2.31. The van der Waals surface area contributed by atoms with Crippen molar-refractivity contribution in [1.82, 2.24) is 9.97 Å². The highest BCUT2D eigenvalue weighted by Crippen LogP contribution is 2.33. The molecule has 16 heavy (non-hydrogen) atoms. The van der Waals surface area contributed by atoms with E-state index < -0.39 is 0 Å². The second kappa shape index (κ2) is 5.15. The van der Waals surface area contributed by atoms with Gasteiger partial charge in [-0.25, -0.2) is 9.97 Å². The third kappa shape index (κ3) is 2.95. The second-order valence-corrected chi connectivity index (χ2v) is 5.93. The molecule has 4 heteroatoms. The van der Waals surface area contributed by atoms with Gasteiger partial charge in [0.05, 0.1) is 0 Å². The molecule has 1 aromatic heterocycles. The standard InChI is InChI=1S/C12H19N3S/c1-8-3-4-10(13)11(7-8)16-12-14-6-5-9(2)15-12/h5-6,8,10-11H,3-4,7,13H2,1-2H3. The van der Waals surface area contributed by atoms with Crippen LogP contribution in [0.4, 0.5) is 0 Å². The maximum atomic E-state index is 6.15. The summed E-state index contributed by atoms with van der Waals surface area (Å²) in [7, 11) is 0. The van der Waals surface area contributed by atoms with Gasteiger partial charge in [0.25, 0.3) is 0 Å². The monoisotopic (exact) mass is 237 g/mol. The molecule has 0 aliphatic heterocycles. The largest absolute Gasteiger partial charge is 0.327 e. The van der Waals surface area contributed by atoms with Gasteiger partial charge >= 0.3 is 0 Å². The molecule has 0 amide bonds. The molecule has 1 saturated carbocycles. The van der Waals surface area contributed by atoms with Gasteiger partial charge in [-0.15, -0.1) is 0 Å². The lowest BCUT2D eigenvalue weighted by Crippen LogP contribution is -2.37. The van der Waals surface area contributed by atoms with Crippen LogP contribution >= 0.6 is 11.8 Å². The molecule has 1 fully saturated rings. The quantitative estimate of drug-likeness (QED) is 0.802. The smallest absolute Gasteiger partial charge is 0.188 e. The molecule has 0 radical (unpaired) electrons. The van der Waals surface area contributed by atoms with E-state index in [9.17, 15) is 0 Å². The molecule has 2 N–H and O–H groups in total. The first-order valence-electron chi connectivity index (χ1n) is 5.87. The average Bonchev–Trinajstić information content (AvgIpc) is 2.24. The molecular formula is C12H19N3S. The number of hydrogen-bond donors (Lipinski definition) is 1. The van der Waals surface area contributed by atoms with Crippen LogP contribution in [-0.4, -0.2) is 21.3 Å². The minimum absolute atomic E-state index is 0.297. The number of aromatic nitrogens is 2. The molecule has 1 aromatic rings. The van der Waals surface area contributed by atoms with Crippen molar-refractivity contribution in [2.45, 2.75) is 49.6 Å². The molecule has 88 valence electrons. The Kier molecular flexibility index (Phi) is 3.82. The van der Waals surface area contributed by atoms with Crippen LogP contribution in [0.1, 0.15) is 31.9 Å². The van der Waals surface area contributed by atoms with Crippen molar-refractivity contribution in [1.29, 1.82) is 0 Å². The van der Waals surface area contributed by atoms with Gasteiger partial charge in [-0.3, -0.25) is 0 Å². The lowest BCUT2D eigenvalue weighted by atomic mass is 9.87. The topological polar surface area (TPSA) is 51.8 Å². The van der Waals surface area contributed by atoms with Gasteiger partial charge < -0.3 is 5.73 Å². The summed E-state index contributed by atoms with van der Waals surface area (Å²) in [5.74, 6) is 0.780. The van der Waals surface area contributed by atoms with Crippen LogP contribution in [0.2, 0.25) is 0 Å². The zero-order valence-electron chi connectivity index (χ0n) is 9.89. The van der Waals surface area contributed by atoms with Gasteiger partial charge in [0.15, 0.2) is 5.16 Å². The summed E-state index contributed by atoms with van der Waals surface area (Å²) < 4.78 is 0. The maximum Gasteiger partial charge on any atom is 0.188 e. The first kappa shape index (κ1) is 11.9. The lowest BCUT2D eigenvalue weighted by molar-refractivity contribution is 0.357. The molecule has 0 aromatic carbocycles. The molecule has 0 saturated heterocycles. The molecule has 0 spiro atoms. The van der Waals surface area contributed by atoms with Crippen LogP contribution in [0.15, 0.2) is 17.4 Å². The summed E-state index contributed by atoms with van der Waals surface area (Å²) in [5, 5.41) is 1.35. The fourth-order valence-electron chi connectivity index (χ4n) is 2.11. The van der Waals surface area contributed by atoms with E-state index in [1.54, 1.807) is 11.8 Å². The van der Waals surface area contributed by atoms with Crippen molar-refractivity contribution in [2.75, 3.05) is 0 Å². The van der Waals surface area contributed by atoms with E-state index in [2.05, 4.69) is 16.9 Å². The predicted octanol–water partition coefficient (Wildman–Crippen LogP) is 2.39. The van der Waals surface area contributed by atoms with Crippen molar-refractivity contribution >= 4 is 11.8 Å². The molecule has 1 aliphatic rings. The normalized spacial score (nSPS) is 30.3. The van der Waals surface area contributed by atoms with Gasteiger partial charge in [0.2, 0.25) is 0 Å². The Morgan fingerprint density at radius 1 is 1.44 bits per heavy atom. The Bertz CT molecular complexity index is 356. The van der Waals surface area contributed by atoms with Gasteiger partial charge in [-0.05, 0) is 38.2 Å². The van der Waals surface area contributed by atoms with Crippen LogP contribution in [0.3, 0.4) is 0 Å². The van der Waals surface area contributed by atoms with Crippen molar-refractivity contribution in [3.05, 3.63) is 18.0 Å². The van der Waals surface area contributed by atoms with E-state index in [0.717, 1.165) is 23.2 Å². The van der Waals surface area contributed by atoms with E-state index in [0.29, 0.717) is 11.3 Å². The fraction of sp³-hybridized carbons (Fsp3) is 0.667. The van der Waals surface area contributed by atoms with Gasteiger partial charge in [0.1, 0.15) is 0 Å². The molecule has 2 rings (SSSR count). The summed E-state index contributed by atoms with van der Waals surface area (Å²) in [4.78, 5) is 8.71. The number of nitrogens with zero attached hydrogens (tertiary/aromatic N) is 2. The predicted molar refractivity (Wildman–Crippen MR) is 67.4 cm³/mol. The van der Waals surface area contributed by atoms with E-state index in [-0.39, 0.29) is 0 Å². The van der Waals surface area contributed by atoms with Crippen molar-refractivity contribution < 1.29 is 0 Å². The van der Waals surface area contributed by atoms with Crippen molar-refractivity contribution in [2.24, 2.45) is 11.7 Å². The molecule has 3 unspecified atom stereocenters. The molecular weight excluding hydrogens is 218 g/mol. The minimum atomic E-state index is 0.297. The zero-order valence-corrected chi connectivity index (χ0v) is 10.7. The molecule has 0 bridgehead atoms. The highest BCUT2D eigenvalue weighted by molar-refractivity contribution is 7.99. The third-order valence-electron chi connectivity index (χ3n) is 3.13. The number of thioether (sulfide) groups is 1. The fourth-order valence-corrected chi connectivity index (χ4v) is 3.43. The Labute approximate surface area is 101 Å². The summed E-state index contributed by atoms with van der Waals surface area (Å²) in [6.07, 6.45) is 5.39. The first-order valence-corrected chi connectivity index (χ1v) is 6.75. The maximum absolute atomic E-state index is 6.15. The zero-order chi connectivity index (χ0) is 11.5. The molecule has 3 atom stereocenters. The van der Waals surface area contributed by atoms with E-state index in [4.69, 9.17) is 5.73 Å². The van der Waals surface area contributed by atoms with Gasteiger partial charge in [0, 0.05) is 23.2 Å². The number of aryl methyl sites for hydroxylation is 1. The van der Waals surface area contributed by atoms with Gasteiger partial charge in [-0.2, -0.15) is 0 Å². The number of hydrogen-bond acceptors (Lipinski definition) is 4. The summed E-state index contributed by atoms with van der Waals surface area (Å²) >= 11 is 1.74. The second-order valence-electron chi connectivity index (χ2n) is 4.72. The summed E-state index contributed by atoms with van der Waals surface area (Å²) in [5.41, 5.74) is 7.17. The Morgan fingerprint density at radius 3 is 3.00 bits per heavy atom. The van der Waals surface area contributed by atoms with Crippen LogP contribution in [-0.2, 0) is 0 Å². The van der Waals surface area contributed by atoms with Crippen LogP contribution < -0.4 is 5.73 Å². The van der Waals surface area contributed by atoms with Crippen LogP contribution in [0, 0.1) is 12.8 Å².